The van der Waals surface area contributed by atoms with E-state index in [1.54, 1.807) is 35.5 Å². The second-order valence-corrected chi connectivity index (χ2v) is 9.59. The molecule has 1 amide bonds. The third kappa shape index (κ3) is 5.15. The lowest BCUT2D eigenvalue weighted by molar-refractivity contribution is -0.386. The standard InChI is InChI=1S/C21H18BrClN6O3S/c1-12-19(29(31)32)13(2)28(25-12)9-15-7-18(33-11-15)21(30)24-20-17(23)10-27(26-20)8-14-3-5-16(22)6-4-14/h3-7,10-11H,8-9H2,1-2H3,(H,24,26,30). The Morgan fingerprint density at radius 2 is 1.94 bits per heavy atom. The normalized spacial score (nSPS) is 11.0. The van der Waals surface area contributed by atoms with Crippen LogP contribution in [0.25, 0.3) is 0 Å². The zero-order valence-corrected chi connectivity index (χ0v) is 20.7. The lowest BCUT2D eigenvalue weighted by Gasteiger charge is -2.03. The van der Waals surface area contributed by atoms with E-state index in [9.17, 15) is 14.9 Å². The van der Waals surface area contributed by atoms with E-state index < -0.39 is 4.92 Å². The molecule has 0 atom stereocenters. The molecule has 0 aliphatic heterocycles. The molecule has 4 aromatic rings. The summed E-state index contributed by atoms with van der Waals surface area (Å²) in [5, 5.41) is 24.7. The van der Waals surface area contributed by atoms with Gasteiger partial charge >= 0.3 is 5.69 Å². The van der Waals surface area contributed by atoms with E-state index in [0.29, 0.717) is 34.4 Å². The number of nitrogens with one attached hydrogen (secondary N) is 1. The van der Waals surface area contributed by atoms with Gasteiger partial charge in [0.1, 0.15) is 16.4 Å². The number of thiophene rings is 1. The first-order chi connectivity index (χ1) is 15.7. The van der Waals surface area contributed by atoms with Gasteiger partial charge in [-0.3, -0.25) is 24.3 Å². The number of nitro groups is 1. The Kier molecular flexibility index (Phi) is 6.63. The molecule has 12 heteroatoms. The molecular formula is C21H18BrClN6O3S. The molecule has 3 heterocycles. The Labute approximate surface area is 206 Å². The summed E-state index contributed by atoms with van der Waals surface area (Å²) in [6.07, 6.45) is 1.66. The lowest BCUT2D eigenvalue weighted by Crippen LogP contribution is -2.12. The molecule has 0 saturated carbocycles. The lowest BCUT2D eigenvalue weighted by atomic mass is 10.2. The van der Waals surface area contributed by atoms with E-state index >= 15 is 0 Å². The second kappa shape index (κ2) is 9.46. The number of halogens is 2. The molecule has 4 rings (SSSR count). The van der Waals surface area contributed by atoms with Crippen LogP contribution in [0.3, 0.4) is 0 Å². The molecule has 0 saturated heterocycles. The van der Waals surface area contributed by atoms with Crippen LogP contribution in [0.15, 0.2) is 46.4 Å². The van der Waals surface area contributed by atoms with Crippen molar-refractivity contribution in [3.05, 3.63) is 88.9 Å². The first-order valence-corrected chi connectivity index (χ1v) is 11.8. The highest BCUT2D eigenvalue weighted by atomic mass is 79.9. The second-order valence-electron chi connectivity index (χ2n) is 7.36. The summed E-state index contributed by atoms with van der Waals surface area (Å²) in [5.41, 5.74) is 2.70. The van der Waals surface area contributed by atoms with Crippen molar-refractivity contribution in [2.45, 2.75) is 26.9 Å². The molecular weight excluding hydrogens is 532 g/mol. The van der Waals surface area contributed by atoms with E-state index in [1.807, 2.05) is 29.6 Å². The van der Waals surface area contributed by atoms with E-state index in [0.717, 1.165) is 15.6 Å². The van der Waals surface area contributed by atoms with Crippen LogP contribution in [0.5, 0.6) is 0 Å². The highest BCUT2D eigenvalue weighted by Crippen LogP contribution is 2.25. The van der Waals surface area contributed by atoms with Gasteiger partial charge in [0.15, 0.2) is 5.82 Å². The van der Waals surface area contributed by atoms with Crippen molar-refractivity contribution in [2.75, 3.05) is 5.32 Å². The average molecular weight is 550 g/mol. The fourth-order valence-electron chi connectivity index (χ4n) is 3.36. The molecule has 170 valence electrons. The van der Waals surface area contributed by atoms with Crippen LogP contribution in [0, 0.1) is 24.0 Å². The molecule has 0 aliphatic rings. The number of nitrogens with zero attached hydrogens (tertiary/aromatic N) is 5. The van der Waals surface area contributed by atoms with Gasteiger partial charge in [0, 0.05) is 10.7 Å². The predicted molar refractivity (Wildman–Crippen MR) is 130 cm³/mol. The molecule has 0 unspecified atom stereocenters. The van der Waals surface area contributed by atoms with Gasteiger partial charge in [-0.25, -0.2) is 0 Å². The number of hydrogen-bond donors (Lipinski definition) is 1. The minimum absolute atomic E-state index is 0.0107. The average Bonchev–Trinajstić information content (AvgIpc) is 3.42. The van der Waals surface area contributed by atoms with Gasteiger partial charge in [0.05, 0.1) is 22.9 Å². The minimum atomic E-state index is -0.430. The number of rotatable bonds is 7. The van der Waals surface area contributed by atoms with Crippen molar-refractivity contribution < 1.29 is 9.72 Å². The van der Waals surface area contributed by atoms with Gasteiger partial charge in [-0.05, 0) is 48.6 Å². The van der Waals surface area contributed by atoms with Crippen LogP contribution < -0.4 is 5.32 Å². The first kappa shape index (κ1) is 23.1. The fraction of sp³-hybridized carbons (Fsp3) is 0.190. The largest absolute Gasteiger partial charge is 0.312 e. The van der Waals surface area contributed by atoms with Crippen molar-refractivity contribution >= 4 is 56.3 Å². The SMILES string of the molecule is Cc1nn(Cc2csc(C(=O)Nc3nn(Cc4ccc(Br)cc4)cc3Cl)c2)c(C)c1[N+](=O)[O-]. The van der Waals surface area contributed by atoms with Gasteiger partial charge in [-0.2, -0.15) is 10.2 Å². The number of carbonyl (C=O) groups excluding carboxylic acids is 1. The molecule has 33 heavy (non-hydrogen) atoms. The van der Waals surface area contributed by atoms with Gasteiger partial charge in [0.2, 0.25) is 0 Å². The highest BCUT2D eigenvalue weighted by molar-refractivity contribution is 9.10. The first-order valence-electron chi connectivity index (χ1n) is 9.76. The van der Waals surface area contributed by atoms with Crippen LogP contribution in [0.1, 0.15) is 32.2 Å². The summed E-state index contributed by atoms with van der Waals surface area (Å²) in [5.74, 6) is -0.0516. The van der Waals surface area contributed by atoms with Gasteiger partial charge in [0.25, 0.3) is 5.91 Å². The van der Waals surface area contributed by atoms with Crippen molar-refractivity contribution in [3.8, 4) is 0 Å². The summed E-state index contributed by atoms with van der Waals surface area (Å²) >= 11 is 10.9. The zero-order chi connectivity index (χ0) is 23.7. The molecule has 0 fully saturated rings. The molecule has 1 aromatic carbocycles. The van der Waals surface area contributed by atoms with E-state index in [-0.39, 0.29) is 17.4 Å². The molecule has 0 bridgehead atoms. The summed E-state index contributed by atoms with van der Waals surface area (Å²) in [6.45, 7) is 4.10. The smallest absolute Gasteiger partial charge is 0.303 e. The van der Waals surface area contributed by atoms with Crippen LogP contribution in [0.2, 0.25) is 5.02 Å². The maximum absolute atomic E-state index is 12.7. The van der Waals surface area contributed by atoms with Crippen LogP contribution >= 0.6 is 38.9 Å². The van der Waals surface area contributed by atoms with Crippen LogP contribution in [-0.4, -0.2) is 30.4 Å². The number of carbonyl (C=O) groups is 1. The Bertz CT molecular complexity index is 1340. The van der Waals surface area contributed by atoms with Crippen LogP contribution in [-0.2, 0) is 13.1 Å². The van der Waals surface area contributed by atoms with E-state index in [1.165, 1.54) is 11.3 Å². The van der Waals surface area contributed by atoms with Crippen molar-refractivity contribution in [1.82, 2.24) is 19.6 Å². The molecule has 9 nitrogen and oxygen atoms in total. The van der Waals surface area contributed by atoms with Crippen molar-refractivity contribution in [3.63, 3.8) is 0 Å². The number of aromatic nitrogens is 4. The Hall–Kier alpha value is -3.02. The minimum Gasteiger partial charge on any atom is -0.303 e. The fourth-order valence-corrected chi connectivity index (χ4v) is 4.63. The summed E-state index contributed by atoms with van der Waals surface area (Å²) < 4.78 is 4.22. The van der Waals surface area contributed by atoms with Gasteiger partial charge in [-0.1, -0.05) is 39.7 Å². The Morgan fingerprint density at radius 1 is 1.21 bits per heavy atom. The number of aryl methyl sites for hydroxylation is 1. The molecule has 3 aromatic heterocycles. The summed E-state index contributed by atoms with van der Waals surface area (Å²) in [7, 11) is 0. The Balaban J connectivity index is 1.44. The van der Waals surface area contributed by atoms with E-state index in [4.69, 9.17) is 11.6 Å². The van der Waals surface area contributed by atoms with Crippen molar-refractivity contribution in [2.24, 2.45) is 0 Å². The number of hydrogen-bond acceptors (Lipinski definition) is 6. The van der Waals surface area contributed by atoms with Crippen molar-refractivity contribution in [1.29, 1.82) is 0 Å². The van der Waals surface area contributed by atoms with E-state index in [2.05, 4.69) is 31.4 Å². The van der Waals surface area contributed by atoms with Crippen LogP contribution in [0.4, 0.5) is 11.5 Å². The molecule has 1 N–H and O–H groups in total. The molecule has 0 aliphatic carbocycles. The summed E-state index contributed by atoms with van der Waals surface area (Å²) in [6, 6.07) is 9.57. The third-order valence-electron chi connectivity index (χ3n) is 4.94. The Morgan fingerprint density at radius 3 is 2.61 bits per heavy atom. The maximum Gasteiger partial charge on any atom is 0.312 e. The number of anilines is 1. The zero-order valence-electron chi connectivity index (χ0n) is 17.6. The number of benzene rings is 1. The topological polar surface area (TPSA) is 108 Å². The van der Waals surface area contributed by atoms with Gasteiger partial charge < -0.3 is 5.32 Å². The maximum atomic E-state index is 12.7. The third-order valence-corrected chi connectivity index (χ3v) is 6.73. The number of amides is 1. The molecule has 0 radical (unpaired) electrons. The summed E-state index contributed by atoms with van der Waals surface area (Å²) in [4.78, 5) is 24.0. The monoisotopic (exact) mass is 548 g/mol. The predicted octanol–water partition coefficient (Wildman–Crippen LogP) is 5.43. The highest BCUT2D eigenvalue weighted by Gasteiger charge is 2.22. The molecule has 0 spiro atoms. The van der Waals surface area contributed by atoms with Gasteiger partial charge in [-0.15, -0.1) is 11.3 Å². The quantitative estimate of drug-likeness (QED) is 0.244.